The summed E-state index contributed by atoms with van der Waals surface area (Å²) in [6, 6.07) is 2.65. The summed E-state index contributed by atoms with van der Waals surface area (Å²) < 4.78 is 51.6. The Morgan fingerprint density at radius 3 is 2.60 bits per heavy atom. The van der Waals surface area contributed by atoms with Crippen molar-refractivity contribution in [2.24, 2.45) is 0 Å². The minimum Gasteiger partial charge on any atom is -0.465 e. The van der Waals surface area contributed by atoms with Gasteiger partial charge >= 0.3 is 12.3 Å². The molecule has 0 spiro atoms. The lowest BCUT2D eigenvalue weighted by Gasteiger charge is -2.20. The van der Waals surface area contributed by atoms with Crippen molar-refractivity contribution in [3.63, 3.8) is 0 Å². The lowest BCUT2D eigenvalue weighted by molar-refractivity contribution is -0.141. The van der Waals surface area contributed by atoms with E-state index < -0.39 is 36.1 Å². The van der Waals surface area contributed by atoms with Gasteiger partial charge in [0.1, 0.15) is 17.9 Å². The van der Waals surface area contributed by atoms with Crippen LogP contribution in [0.15, 0.2) is 30.6 Å². The molecule has 11 heteroatoms. The van der Waals surface area contributed by atoms with Crippen molar-refractivity contribution >= 4 is 12.0 Å². The largest absolute Gasteiger partial charge is 0.465 e. The molecule has 1 saturated heterocycles. The number of aromatic nitrogens is 2. The van der Waals surface area contributed by atoms with Crippen molar-refractivity contribution in [3.05, 3.63) is 47.5 Å². The Morgan fingerprint density at radius 2 is 2.00 bits per heavy atom. The van der Waals surface area contributed by atoms with E-state index in [1.165, 1.54) is 12.3 Å². The van der Waals surface area contributed by atoms with Gasteiger partial charge < -0.3 is 10.4 Å². The highest BCUT2D eigenvalue weighted by Crippen LogP contribution is 2.30. The third-order valence-electron chi connectivity index (χ3n) is 4.77. The van der Waals surface area contributed by atoms with Crippen molar-refractivity contribution < 1.29 is 32.3 Å². The van der Waals surface area contributed by atoms with E-state index in [1.807, 2.05) is 0 Å². The van der Waals surface area contributed by atoms with Crippen LogP contribution in [0.25, 0.3) is 11.1 Å². The van der Waals surface area contributed by atoms with Gasteiger partial charge in [0.2, 0.25) is 5.91 Å². The summed E-state index contributed by atoms with van der Waals surface area (Å²) in [7, 11) is 0. The fraction of sp³-hybridized carbons (Fsp3) is 0.368. The summed E-state index contributed by atoms with van der Waals surface area (Å²) in [5.74, 6) is -0.641. The van der Waals surface area contributed by atoms with Crippen molar-refractivity contribution in [1.82, 2.24) is 20.2 Å². The third kappa shape index (κ3) is 4.66. The van der Waals surface area contributed by atoms with Gasteiger partial charge in [0, 0.05) is 24.4 Å². The number of carbonyl (C=O) groups excluding carboxylic acids is 1. The Morgan fingerprint density at radius 1 is 1.27 bits per heavy atom. The summed E-state index contributed by atoms with van der Waals surface area (Å²) in [6.07, 6.45) is -4.93. The molecule has 3 rings (SSSR count). The van der Waals surface area contributed by atoms with Crippen LogP contribution in [0.5, 0.6) is 0 Å². The normalized spacial score (nSPS) is 19.0. The highest BCUT2D eigenvalue weighted by atomic mass is 19.4. The monoisotopic (exact) mass is 426 g/mol. The van der Waals surface area contributed by atoms with Crippen LogP contribution in [-0.2, 0) is 17.5 Å². The summed E-state index contributed by atoms with van der Waals surface area (Å²) >= 11 is 0. The summed E-state index contributed by atoms with van der Waals surface area (Å²) in [5.41, 5.74) is 1.13. The SMILES string of the molecule is Cc1cnc(CNC(=O)[C@@H]2C[C@@H](F)CN2C(=O)O)cc1-c1ccc(C(F)(F)F)nc1. The second-order valence-corrected chi connectivity index (χ2v) is 6.92. The molecular weight excluding hydrogens is 408 g/mol. The van der Waals surface area contributed by atoms with Gasteiger partial charge in [-0.2, -0.15) is 13.2 Å². The number of nitrogens with one attached hydrogen (secondary N) is 1. The van der Waals surface area contributed by atoms with Crippen LogP contribution in [0.3, 0.4) is 0 Å². The number of nitrogens with zero attached hydrogens (tertiary/aromatic N) is 3. The lowest BCUT2D eigenvalue weighted by atomic mass is 10.0. The first-order chi connectivity index (χ1) is 14.1. The number of hydrogen-bond acceptors (Lipinski definition) is 4. The Labute approximate surface area is 168 Å². The first kappa shape index (κ1) is 21.5. The molecule has 7 nitrogen and oxygen atoms in total. The standard InChI is InChI=1S/C19H18F4N4O3/c1-10-6-24-13(5-14(10)11-2-3-16(25-7-11)19(21,22)23)8-26-17(28)15-4-12(20)9-27(15)18(29)30/h2-3,5-7,12,15H,4,8-9H2,1H3,(H,26,28)(H,29,30)/t12-,15+/m1/s1. The minimum absolute atomic E-state index is 0.0545. The average molecular weight is 426 g/mol. The van der Waals surface area contributed by atoms with E-state index >= 15 is 0 Å². The smallest absolute Gasteiger partial charge is 0.433 e. The summed E-state index contributed by atoms with van der Waals surface area (Å²) in [6.45, 7) is 1.31. The van der Waals surface area contributed by atoms with Crippen LogP contribution in [0.1, 0.15) is 23.4 Å². The molecule has 30 heavy (non-hydrogen) atoms. The molecule has 2 amide bonds. The van der Waals surface area contributed by atoms with Crippen LogP contribution in [0.4, 0.5) is 22.4 Å². The van der Waals surface area contributed by atoms with Gasteiger partial charge in [-0.25, -0.2) is 9.18 Å². The van der Waals surface area contributed by atoms with Gasteiger partial charge in [0.05, 0.1) is 18.8 Å². The number of hydrogen-bond donors (Lipinski definition) is 2. The zero-order chi connectivity index (χ0) is 22.1. The number of pyridine rings is 2. The number of alkyl halides is 4. The predicted octanol–water partition coefficient (Wildman–Crippen LogP) is 3.18. The number of rotatable bonds is 4. The quantitative estimate of drug-likeness (QED) is 0.733. The molecule has 1 fully saturated rings. The molecule has 2 aromatic rings. The van der Waals surface area contributed by atoms with Gasteiger partial charge in [0.25, 0.3) is 0 Å². The number of carbonyl (C=O) groups is 2. The molecule has 0 aromatic carbocycles. The van der Waals surface area contributed by atoms with Crippen molar-refractivity contribution in [2.75, 3.05) is 6.54 Å². The molecule has 0 aliphatic carbocycles. The second kappa shape index (κ2) is 8.25. The Balaban J connectivity index is 1.73. The highest BCUT2D eigenvalue weighted by Gasteiger charge is 2.39. The molecule has 2 aromatic heterocycles. The van der Waals surface area contributed by atoms with Gasteiger partial charge in [-0.15, -0.1) is 0 Å². The van der Waals surface area contributed by atoms with Crippen molar-refractivity contribution in [1.29, 1.82) is 0 Å². The Hall–Kier alpha value is -3.24. The van der Waals surface area contributed by atoms with Gasteiger partial charge in [-0.3, -0.25) is 19.7 Å². The lowest BCUT2D eigenvalue weighted by Crippen LogP contribution is -2.45. The van der Waals surface area contributed by atoms with Gasteiger partial charge in [-0.05, 0) is 30.2 Å². The molecule has 1 aliphatic rings. The van der Waals surface area contributed by atoms with Crippen LogP contribution in [0, 0.1) is 6.92 Å². The maximum Gasteiger partial charge on any atom is 0.433 e. The molecule has 0 radical (unpaired) electrons. The van der Waals surface area contributed by atoms with Crippen LogP contribution < -0.4 is 5.32 Å². The topological polar surface area (TPSA) is 95.4 Å². The van der Waals surface area contributed by atoms with Crippen LogP contribution in [-0.4, -0.2) is 50.7 Å². The van der Waals surface area contributed by atoms with Crippen LogP contribution >= 0.6 is 0 Å². The van der Waals surface area contributed by atoms with E-state index in [0.717, 1.165) is 17.2 Å². The van der Waals surface area contributed by atoms with E-state index in [4.69, 9.17) is 5.11 Å². The van der Waals surface area contributed by atoms with E-state index in [2.05, 4.69) is 15.3 Å². The molecule has 0 saturated carbocycles. The number of aryl methyl sites for hydroxylation is 1. The number of amides is 2. The number of likely N-dealkylation sites (tertiary alicyclic amines) is 1. The van der Waals surface area contributed by atoms with E-state index in [-0.39, 0.29) is 19.5 Å². The fourth-order valence-corrected chi connectivity index (χ4v) is 3.24. The van der Waals surface area contributed by atoms with Gasteiger partial charge in [-0.1, -0.05) is 6.07 Å². The zero-order valence-corrected chi connectivity index (χ0v) is 15.8. The molecule has 2 N–H and O–H groups in total. The minimum atomic E-state index is -4.54. The molecule has 3 heterocycles. The summed E-state index contributed by atoms with van der Waals surface area (Å²) in [4.78, 5) is 31.8. The molecule has 2 atom stereocenters. The maximum absolute atomic E-state index is 13.5. The number of carboxylic acid groups (broad SMARTS) is 1. The molecule has 0 bridgehead atoms. The molecule has 1 aliphatic heterocycles. The van der Waals surface area contributed by atoms with E-state index in [0.29, 0.717) is 22.4 Å². The fourth-order valence-electron chi connectivity index (χ4n) is 3.24. The van der Waals surface area contributed by atoms with Gasteiger partial charge in [0.15, 0.2) is 0 Å². The maximum atomic E-state index is 13.5. The van der Waals surface area contributed by atoms with Crippen molar-refractivity contribution in [3.8, 4) is 11.1 Å². The molecular formula is C19H18F4N4O3. The summed E-state index contributed by atoms with van der Waals surface area (Å²) in [5, 5.41) is 11.6. The van der Waals surface area contributed by atoms with E-state index in [9.17, 15) is 27.2 Å². The Kier molecular flexibility index (Phi) is 5.90. The third-order valence-corrected chi connectivity index (χ3v) is 4.77. The molecule has 160 valence electrons. The van der Waals surface area contributed by atoms with E-state index in [1.54, 1.807) is 13.0 Å². The van der Waals surface area contributed by atoms with Crippen LogP contribution in [0.2, 0.25) is 0 Å². The first-order valence-electron chi connectivity index (χ1n) is 8.96. The van der Waals surface area contributed by atoms with Crippen molar-refractivity contribution in [2.45, 2.75) is 38.3 Å². The number of halogens is 4. The molecule has 0 unspecified atom stereocenters. The first-order valence-corrected chi connectivity index (χ1v) is 8.96. The zero-order valence-electron chi connectivity index (χ0n) is 15.8. The highest BCUT2D eigenvalue weighted by molar-refractivity contribution is 5.86. The average Bonchev–Trinajstić information content (AvgIpc) is 3.09. The predicted molar refractivity (Wildman–Crippen MR) is 97.1 cm³/mol. The Bertz CT molecular complexity index is 950. The second-order valence-electron chi connectivity index (χ2n) is 6.92.